The summed E-state index contributed by atoms with van der Waals surface area (Å²) in [6.45, 7) is 10.5. The summed E-state index contributed by atoms with van der Waals surface area (Å²) in [5, 5.41) is 0. The maximum atomic E-state index is 7.12. The van der Waals surface area contributed by atoms with Gasteiger partial charge in [0.25, 0.3) is 0 Å². The molecular weight excluding hydrogens is 342 g/mol. The molecule has 0 amide bonds. The maximum Gasteiger partial charge on any atom is 0.109 e. The van der Waals surface area contributed by atoms with E-state index in [-0.39, 0.29) is 17.2 Å². The van der Waals surface area contributed by atoms with Crippen molar-refractivity contribution in [2.45, 2.75) is 65.3 Å². The van der Waals surface area contributed by atoms with E-state index >= 15 is 0 Å². The summed E-state index contributed by atoms with van der Waals surface area (Å²) in [7, 11) is 2.18. The highest BCUT2D eigenvalue weighted by molar-refractivity contribution is 5.32. The van der Waals surface area contributed by atoms with Crippen LogP contribution in [-0.4, -0.2) is 18.2 Å². The van der Waals surface area contributed by atoms with Gasteiger partial charge in [-0.25, -0.2) is 0 Å². The zero-order chi connectivity index (χ0) is 20.0. The molecule has 2 bridgehead atoms. The van der Waals surface area contributed by atoms with E-state index in [1.807, 2.05) is 0 Å². The molecule has 0 aromatic heterocycles. The average Bonchev–Trinajstić information content (AvgIpc) is 3.02. The van der Waals surface area contributed by atoms with Gasteiger partial charge in [-0.05, 0) is 55.7 Å². The third kappa shape index (κ3) is 2.84. The fourth-order valence-corrected chi connectivity index (χ4v) is 6.02. The van der Waals surface area contributed by atoms with Crippen molar-refractivity contribution in [2.75, 3.05) is 7.05 Å². The van der Waals surface area contributed by atoms with Gasteiger partial charge in [0, 0.05) is 12.0 Å². The van der Waals surface area contributed by atoms with Gasteiger partial charge in [-0.15, -0.1) is 0 Å². The van der Waals surface area contributed by atoms with E-state index in [4.69, 9.17) is 4.74 Å². The Balaban J connectivity index is 1.65. The fourth-order valence-electron chi connectivity index (χ4n) is 6.02. The van der Waals surface area contributed by atoms with Crippen LogP contribution in [0.4, 0.5) is 0 Å². The molecule has 2 fully saturated rings. The van der Waals surface area contributed by atoms with Crippen LogP contribution in [0, 0.1) is 16.7 Å². The van der Waals surface area contributed by atoms with Gasteiger partial charge >= 0.3 is 0 Å². The molecule has 1 unspecified atom stereocenters. The molecule has 2 aliphatic carbocycles. The molecule has 0 spiro atoms. The van der Waals surface area contributed by atoms with Gasteiger partial charge in [-0.1, -0.05) is 81.4 Å². The first kappa shape index (κ1) is 19.7. The van der Waals surface area contributed by atoms with Gasteiger partial charge in [0.2, 0.25) is 0 Å². The Labute approximate surface area is 170 Å². The lowest BCUT2D eigenvalue weighted by Gasteiger charge is -2.50. The second kappa shape index (κ2) is 7.00. The van der Waals surface area contributed by atoms with Crippen LogP contribution in [0.25, 0.3) is 0 Å². The van der Waals surface area contributed by atoms with Crippen molar-refractivity contribution < 1.29 is 4.74 Å². The first-order chi connectivity index (χ1) is 13.3. The predicted molar refractivity (Wildman–Crippen MR) is 116 cm³/mol. The Morgan fingerprint density at radius 3 is 2.14 bits per heavy atom. The van der Waals surface area contributed by atoms with Gasteiger partial charge < -0.3 is 4.74 Å². The van der Waals surface area contributed by atoms with Crippen LogP contribution in [0.5, 0.6) is 0 Å². The number of fused-ring (bicyclic) bond motifs is 2. The molecule has 2 saturated carbocycles. The molecule has 2 nitrogen and oxygen atoms in total. The van der Waals surface area contributed by atoms with E-state index in [1.54, 1.807) is 0 Å². The van der Waals surface area contributed by atoms with Gasteiger partial charge in [0.15, 0.2) is 0 Å². The number of benzene rings is 2. The average molecular weight is 378 g/mol. The standard InChI is InChI=1S/C26H35NO/c1-20(27(5)19-21-12-8-6-9-13-21)28-26(22-14-10-7-11-15-22)18-23-16-17-25(26,4)24(23,2)3/h6-15,20,23H,16-19H2,1-5H3/t20-,23-,25?,26+/m1/s1. The molecule has 2 aromatic rings. The molecule has 2 heteroatoms. The largest absolute Gasteiger partial charge is 0.352 e. The molecule has 0 saturated heterocycles. The van der Waals surface area contributed by atoms with Crippen LogP contribution in [0.1, 0.15) is 58.1 Å². The molecule has 0 heterocycles. The Hall–Kier alpha value is -1.64. The number of hydrogen-bond donors (Lipinski definition) is 0. The topological polar surface area (TPSA) is 12.5 Å². The normalized spacial score (nSPS) is 32.0. The van der Waals surface area contributed by atoms with Crippen LogP contribution >= 0.6 is 0 Å². The fraction of sp³-hybridized carbons (Fsp3) is 0.538. The summed E-state index contributed by atoms with van der Waals surface area (Å²) < 4.78 is 7.12. The summed E-state index contributed by atoms with van der Waals surface area (Å²) in [5.41, 5.74) is 2.90. The second-order valence-electron chi connectivity index (χ2n) is 9.80. The highest BCUT2D eigenvalue weighted by Gasteiger charge is 2.70. The van der Waals surface area contributed by atoms with Gasteiger partial charge in [-0.2, -0.15) is 0 Å². The van der Waals surface area contributed by atoms with Crippen LogP contribution < -0.4 is 0 Å². The first-order valence-corrected chi connectivity index (χ1v) is 10.8. The van der Waals surface area contributed by atoms with Crippen molar-refractivity contribution in [1.82, 2.24) is 4.90 Å². The van der Waals surface area contributed by atoms with E-state index in [0.717, 1.165) is 18.9 Å². The highest BCUT2D eigenvalue weighted by Crippen LogP contribution is 2.74. The summed E-state index contributed by atoms with van der Waals surface area (Å²) in [4.78, 5) is 2.34. The van der Waals surface area contributed by atoms with E-state index in [0.29, 0.717) is 5.41 Å². The Morgan fingerprint density at radius 2 is 1.61 bits per heavy atom. The molecule has 28 heavy (non-hydrogen) atoms. The number of hydrogen-bond acceptors (Lipinski definition) is 2. The lowest BCUT2D eigenvalue weighted by Crippen LogP contribution is -2.50. The number of ether oxygens (including phenoxy) is 1. The number of rotatable bonds is 6. The first-order valence-electron chi connectivity index (χ1n) is 10.8. The van der Waals surface area contributed by atoms with Crippen LogP contribution in [0.15, 0.2) is 60.7 Å². The van der Waals surface area contributed by atoms with Gasteiger partial charge in [0.1, 0.15) is 11.8 Å². The lowest BCUT2D eigenvalue weighted by molar-refractivity contribution is -0.208. The molecule has 0 N–H and O–H groups in total. The quantitative estimate of drug-likeness (QED) is 0.554. The molecule has 0 radical (unpaired) electrons. The zero-order valence-electron chi connectivity index (χ0n) is 18.1. The van der Waals surface area contributed by atoms with E-state index in [1.165, 1.54) is 24.0 Å². The van der Waals surface area contributed by atoms with E-state index < -0.39 is 0 Å². The van der Waals surface area contributed by atoms with Crippen molar-refractivity contribution in [3.8, 4) is 0 Å². The molecule has 2 aliphatic rings. The van der Waals surface area contributed by atoms with Crippen LogP contribution in [0.3, 0.4) is 0 Å². The summed E-state index contributed by atoms with van der Waals surface area (Å²) in [6.07, 6.45) is 3.75. The monoisotopic (exact) mass is 377 g/mol. The molecule has 2 aromatic carbocycles. The van der Waals surface area contributed by atoms with Crippen molar-refractivity contribution in [2.24, 2.45) is 16.7 Å². The summed E-state index contributed by atoms with van der Waals surface area (Å²) in [6, 6.07) is 21.7. The van der Waals surface area contributed by atoms with Crippen molar-refractivity contribution >= 4 is 0 Å². The van der Waals surface area contributed by atoms with Crippen LogP contribution in [-0.2, 0) is 16.9 Å². The van der Waals surface area contributed by atoms with Gasteiger partial charge in [0.05, 0.1) is 0 Å². The predicted octanol–water partition coefficient (Wildman–Crippen LogP) is 6.22. The molecule has 4 rings (SSSR count). The third-order valence-corrected chi connectivity index (χ3v) is 8.37. The SMILES string of the molecule is C[C@@H](O[C@]1(c2ccccc2)C[C@H]2CCC1(C)C2(C)C)N(C)Cc1ccccc1. The number of nitrogens with zero attached hydrogens (tertiary/aromatic N) is 1. The van der Waals surface area contributed by atoms with Crippen LogP contribution in [0.2, 0.25) is 0 Å². The van der Waals surface area contributed by atoms with Crippen molar-refractivity contribution in [3.05, 3.63) is 71.8 Å². The molecule has 4 atom stereocenters. The minimum atomic E-state index is -0.217. The molecular formula is C26H35NO. The highest BCUT2D eigenvalue weighted by atomic mass is 16.5. The van der Waals surface area contributed by atoms with Crippen molar-refractivity contribution in [3.63, 3.8) is 0 Å². The van der Waals surface area contributed by atoms with E-state index in [2.05, 4.69) is 100 Å². The van der Waals surface area contributed by atoms with E-state index in [9.17, 15) is 0 Å². The second-order valence-corrected chi connectivity index (χ2v) is 9.80. The third-order valence-electron chi connectivity index (χ3n) is 8.37. The lowest BCUT2D eigenvalue weighted by atomic mass is 9.62. The Kier molecular flexibility index (Phi) is 4.92. The maximum absolute atomic E-state index is 7.12. The molecule has 150 valence electrons. The molecule has 0 aliphatic heterocycles. The zero-order valence-corrected chi connectivity index (χ0v) is 18.1. The van der Waals surface area contributed by atoms with Gasteiger partial charge in [-0.3, -0.25) is 4.90 Å². The summed E-state index contributed by atoms with van der Waals surface area (Å²) in [5.74, 6) is 0.726. The Morgan fingerprint density at radius 1 is 1.00 bits per heavy atom. The smallest absolute Gasteiger partial charge is 0.109 e. The summed E-state index contributed by atoms with van der Waals surface area (Å²) >= 11 is 0. The van der Waals surface area contributed by atoms with Crippen molar-refractivity contribution in [1.29, 1.82) is 0 Å². The minimum Gasteiger partial charge on any atom is -0.352 e. The minimum absolute atomic E-state index is 0.0485. The Bertz CT molecular complexity index is 802.